The third-order valence-corrected chi connectivity index (χ3v) is 7.59. The predicted molar refractivity (Wildman–Crippen MR) is 73.3 cm³/mol. The largest absolute Gasteiger partial charge is 0.383 e. The van der Waals surface area contributed by atoms with E-state index in [0.717, 1.165) is 38.5 Å². The first-order valence-corrected chi connectivity index (χ1v) is 8.14. The van der Waals surface area contributed by atoms with E-state index < -0.39 is 22.7 Å². The number of aliphatic hydroxyl groups is 1. The molecule has 6 aliphatic rings. The van der Waals surface area contributed by atoms with Gasteiger partial charge in [0.25, 0.3) is 0 Å². The second kappa shape index (κ2) is 3.66. The zero-order valence-corrected chi connectivity index (χ0v) is 12.3. The van der Waals surface area contributed by atoms with Gasteiger partial charge in [0, 0.05) is 5.41 Å². The van der Waals surface area contributed by atoms with Crippen molar-refractivity contribution >= 4 is 0 Å². The number of allylic oxidation sites excluding steroid dienone is 1. The Morgan fingerprint density at radius 2 is 1.25 bits per heavy atom. The average molecular weight is 282 g/mol. The van der Waals surface area contributed by atoms with Gasteiger partial charge in [0.1, 0.15) is 11.4 Å². The molecule has 0 aromatic heterocycles. The van der Waals surface area contributed by atoms with E-state index in [4.69, 9.17) is 0 Å². The van der Waals surface area contributed by atoms with Crippen molar-refractivity contribution in [1.82, 2.24) is 0 Å². The summed E-state index contributed by atoms with van der Waals surface area (Å²) < 4.78 is 29.2. The third kappa shape index (κ3) is 1.36. The third-order valence-electron chi connectivity index (χ3n) is 7.59. The van der Waals surface area contributed by atoms with Crippen molar-refractivity contribution < 1.29 is 13.9 Å². The highest BCUT2D eigenvalue weighted by Gasteiger charge is 2.65. The fraction of sp³-hybridized carbons (Fsp3) is 0.882. The monoisotopic (exact) mass is 282 g/mol. The molecule has 3 heteroatoms. The minimum absolute atomic E-state index is 0.0338. The first-order chi connectivity index (χ1) is 9.35. The van der Waals surface area contributed by atoms with E-state index in [1.54, 1.807) is 0 Å². The standard InChI is InChI=1S/C17H24F2O/c1-14-2-5-15(6-3-14,7-4-14)16-8-10-17(20,11-9-16)13(19)12(16)18/h20H,2-11H2,1H3. The number of hydrogen-bond acceptors (Lipinski definition) is 1. The molecule has 4 saturated carbocycles. The molecular weight excluding hydrogens is 258 g/mol. The Hall–Kier alpha value is -0.440. The first-order valence-electron chi connectivity index (χ1n) is 8.14. The van der Waals surface area contributed by atoms with E-state index in [-0.39, 0.29) is 5.41 Å². The van der Waals surface area contributed by atoms with Crippen molar-refractivity contribution in [3.05, 3.63) is 11.7 Å². The van der Waals surface area contributed by atoms with Crippen LogP contribution in [0.5, 0.6) is 0 Å². The van der Waals surface area contributed by atoms with Crippen LogP contribution < -0.4 is 0 Å². The molecule has 1 nitrogen and oxygen atoms in total. The van der Waals surface area contributed by atoms with E-state index in [9.17, 15) is 13.9 Å². The Bertz CT molecular complexity index is 461. The van der Waals surface area contributed by atoms with E-state index in [2.05, 4.69) is 6.92 Å². The fourth-order valence-corrected chi connectivity index (χ4v) is 5.80. The lowest BCUT2D eigenvalue weighted by Crippen LogP contribution is -2.57. The van der Waals surface area contributed by atoms with Gasteiger partial charge in [-0.05, 0) is 75.0 Å². The molecule has 0 aromatic carbocycles. The van der Waals surface area contributed by atoms with Crippen LogP contribution in [0, 0.1) is 16.2 Å². The highest BCUT2D eigenvalue weighted by Crippen LogP contribution is 2.72. The van der Waals surface area contributed by atoms with Gasteiger partial charge in [0.15, 0.2) is 5.83 Å². The summed E-state index contributed by atoms with van der Waals surface area (Å²) in [6, 6.07) is 0. The molecule has 0 spiro atoms. The molecule has 112 valence electrons. The van der Waals surface area contributed by atoms with Crippen LogP contribution in [0.25, 0.3) is 0 Å². The summed E-state index contributed by atoms with van der Waals surface area (Å²) in [6.45, 7) is 2.35. The van der Waals surface area contributed by atoms with Crippen LogP contribution in [0.15, 0.2) is 11.7 Å². The minimum Gasteiger partial charge on any atom is -0.383 e. The highest BCUT2D eigenvalue weighted by molar-refractivity contribution is 5.32. The van der Waals surface area contributed by atoms with E-state index in [0.29, 0.717) is 31.1 Å². The molecule has 6 aliphatic carbocycles. The van der Waals surface area contributed by atoms with Crippen LogP contribution in [0.1, 0.15) is 71.1 Å². The Kier molecular flexibility index (Phi) is 2.42. The lowest BCUT2D eigenvalue weighted by Gasteiger charge is -2.64. The molecule has 4 bridgehead atoms. The summed E-state index contributed by atoms with van der Waals surface area (Å²) in [4.78, 5) is 0. The predicted octanol–water partition coefficient (Wildman–Crippen LogP) is 4.80. The molecule has 0 radical (unpaired) electrons. The lowest BCUT2D eigenvalue weighted by atomic mass is 9.41. The Labute approximate surface area is 119 Å². The molecule has 0 aromatic rings. The topological polar surface area (TPSA) is 20.2 Å². The van der Waals surface area contributed by atoms with Crippen molar-refractivity contribution in [1.29, 1.82) is 0 Å². The fourth-order valence-electron chi connectivity index (χ4n) is 5.80. The van der Waals surface area contributed by atoms with Crippen LogP contribution in [0.3, 0.4) is 0 Å². The lowest BCUT2D eigenvalue weighted by molar-refractivity contribution is -0.145. The SMILES string of the molecule is CC12CCC(C34CCC(O)(CC3)C(F)=C4F)(CC1)CC2. The van der Waals surface area contributed by atoms with Gasteiger partial charge < -0.3 is 5.11 Å². The average Bonchev–Trinajstić information content (AvgIpc) is 2.46. The van der Waals surface area contributed by atoms with E-state index in [1.807, 2.05) is 0 Å². The second-order valence-electron chi connectivity index (χ2n) is 8.33. The van der Waals surface area contributed by atoms with Crippen molar-refractivity contribution in [3.8, 4) is 0 Å². The Morgan fingerprint density at radius 1 is 0.750 bits per heavy atom. The molecule has 6 rings (SSSR count). The zero-order valence-electron chi connectivity index (χ0n) is 12.3. The normalized spacial score (nSPS) is 54.6. The van der Waals surface area contributed by atoms with E-state index >= 15 is 0 Å². The summed E-state index contributed by atoms with van der Waals surface area (Å²) in [5.74, 6) is -1.41. The van der Waals surface area contributed by atoms with Crippen LogP contribution >= 0.6 is 0 Å². The highest BCUT2D eigenvalue weighted by atomic mass is 19.2. The van der Waals surface area contributed by atoms with Crippen LogP contribution in [-0.2, 0) is 0 Å². The summed E-state index contributed by atoms with van der Waals surface area (Å²) in [5, 5.41) is 10.2. The number of halogens is 2. The maximum Gasteiger partial charge on any atom is 0.163 e. The van der Waals surface area contributed by atoms with Gasteiger partial charge in [-0.15, -0.1) is 0 Å². The van der Waals surface area contributed by atoms with Crippen molar-refractivity contribution in [2.24, 2.45) is 16.2 Å². The zero-order chi connectivity index (χ0) is 14.2. The number of hydrogen-bond donors (Lipinski definition) is 1. The van der Waals surface area contributed by atoms with Crippen molar-refractivity contribution in [2.45, 2.75) is 76.7 Å². The Morgan fingerprint density at radius 3 is 1.75 bits per heavy atom. The quantitative estimate of drug-likeness (QED) is 0.732. The molecule has 0 amide bonds. The molecule has 0 aliphatic heterocycles. The number of rotatable bonds is 1. The Balaban J connectivity index is 1.79. The van der Waals surface area contributed by atoms with Gasteiger partial charge in [-0.25, -0.2) is 8.78 Å². The summed E-state index contributed by atoms with van der Waals surface area (Å²) in [5.41, 5.74) is -1.67. The van der Waals surface area contributed by atoms with Gasteiger partial charge in [0.2, 0.25) is 0 Å². The van der Waals surface area contributed by atoms with Crippen molar-refractivity contribution in [2.75, 3.05) is 0 Å². The maximum absolute atomic E-state index is 14.8. The minimum atomic E-state index is -1.49. The number of fused-ring (bicyclic) bond motifs is 5. The van der Waals surface area contributed by atoms with Crippen molar-refractivity contribution in [3.63, 3.8) is 0 Å². The molecule has 0 unspecified atom stereocenters. The van der Waals surface area contributed by atoms with Gasteiger partial charge in [-0.3, -0.25) is 0 Å². The maximum atomic E-state index is 14.8. The first kappa shape index (κ1) is 13.2. The molecule has 0 heterocycles. The van der Waals surface area contributed by atoms with E-state index in [1.165, 1.54) is 0 Å². The van der Waals surface area contributed by atoms with Crippen LogP contribution in [0.2, 0.25) is 0 Å². The molecule has 0 atom stereocenters. The molecule has 1 N–H and O–H groups in total. The summed E-state index contributed by atoms with van der Waals surface area (Å²) in [7, 11) is 0. The van der Waals surface area contributed by atoms with Crippen LogP contribution in [-0.4, -0.2) is 10.7 Å². The van der Waals surface area contributed by atoms with Gasteiger partial charge in [-0.1, -0.05) is 6.92 Å². The van der Waals surface area contributed by atoms with Gasteiger partial charge in [0.05, 0.1) is 0 Å². The summed E-state index contributed by atoms with van der Waals surface area (Å²) in [6.07, 6.45) is 8.71. The molecule has 4 fully saturated rings. The molecule has 0 saturated heterocycles. The molecular formula is C17H24F2O. The second-order valence-corrected chi connectivity index (χ2v) is 8.33. The smallest absolute Gasteiger partial charge is 0.163 e. The molecule has 20 heavy (non-hydrogen) atoms. The van der Waals surface area contributed by atoms with Gasteiger partial charge >= 0.3 is 0 Å². The summed E-state index contributed by atoms with van der Waals surface area (Å²) >= 11 is 0. The van der Waals surface area contributed by atoms with Crippen LogP contribution in [0.4, 0.5) is 8.78 Å². The van der Waals surface area contributed by atoms with Gasteiger partial charge in [-0.2, -0.15) is 0 Å².